The van der Waals surface area contributed by atoms with Crippen LogP contribution in [0.3, 0.4) is 0 Å². The van der Waals surface area contributed by atoms with Crippen molar-refractivity contribution < 1.29 is 0 Å². The van der Waals surface area contributed by atoms with E-state index in [1.165, 1.54) is 22.1 Å². The number of halogens is 1. The van der Waals surface area contributed by atoms with Crippen molar-refractivity contribution in [3.05, 3.63) is 28.2 Å². The van der Waals surface area contributed by atoms with E-state index in [9.17, 15) is 0 Å². The maximum atomic E-state index is 3.53. The Bertz CT molecular complexity index is 294. The third-order valence-corrected chi connectivity index (χ3v) is 3.08. The first-order valence-corrected chi connectivity index (χ1v) is 5.89. The summed E-state index contributed by atoms with van der Waals surface area (Å²) in [6.45, 7) is 7.63. The summed E-state index contributed by atoms with van der Waals surface area (Å²) in [5, 5.41) is 3.41. The Kier molecular flexibility index (Phi) is 4.46. The molecule has 0 saturated heterocycles. The zero-order chi connectivity index (χ0) is 10.6. The summed E-state index contributed by atoms with van der Waals surface area (Å²) in [5.74, 6) is 0.761. The molecular formula is C12H18BrN. The molecule has 0 spiro atoms. The van der Waals surface area contributed by atoms with E-state index in [1.807, 2.05) is 0 Å². The second-order valence-electron chi connectivity index (χ2n) is 4.07. The van der Waals surface area contributed by atoms with E-state index in [4.69, 9.17) is 0 Å². The minimum absolute atomic E-state index is 0.761. The molecule has 1 aromatic carbocycles. The Labute approximate surface area is 95.0 Å². The van der Waals surface area contributed by atoms with Gasteiger partial charge < -0.3 is 5.32 Å². The van der Waals surface area contributed by atoms with Gasteiger partial charge in [-0.25, -0.2) is 0 Å². The van der Waals surface area contributed by atoms with Crippen molar-refractivity contribution in [2.45, 2.75) is 27.2 Å². The third kappa shape index (κ3) is 3.70. The molecule has 1 N–H and O–H groups in total. The highest BCUT2D eigenvalue weighted by molar-refractivity contribution is 9.10. The molecule has 0 aromatic heterocycles. The van der Waals surface area contributed by atoms with E-state index >= 15 is 0 Å². The lowest BCUT2D eigenvalue weighted by molar-refractivity contribution is 0.607. The number of anilines is 1. The molecule has 2 heteroatoms. The maximum absolute atomic E-state index is 3.53. The molecule has 0 heterocycles. The van der Waals surface area contributed by atoms with Crippen LogP contribution in [0, 0.1) is 12.8 Å². The molecule has 0 aliphatic heterocycles. The van der Waals surface area contributed by atoms with E-state index in [-0.39, 0.29) is 0 Å². The topological polar surface area (TPSA) is 12.0 Å². The first kappa shape index (κ1) is 11.6. The minimum atomic E-state index is 0.761. The monoisotopic (exact) mass is 255 g/mol. The van der Waals surface area contributed by atoms with Crippen molar-refractivity contribution in [2.75, 3.05) is 11.9 Å². The first-order valence-electron chi connectivity index (χ1n) is 5.09. The van der Waals surface area contributed by atoms with Gasteiger partial charge in [0.25, 0.3) is 0 Å². The molecule has 0 fully saturated rings. The zero-order valence-corrected chi connectivity index (χ0v) is 10.7. The summed E-state index contributed by atoms with van der Waals surface area (Å²) in [7, 11) is 0. The molecule has 0 aliphatic rings. The van der Waals surface area contributed by atoms with Gasteiger partial charge >= 0.3 is 0 Å². The van der Waals surface area contributed by atoms with Gasteiger partial charge in [-0.3, -0.25) is 0 Å². The highest BCUT2D eigenvalue weighted by Gasteiger charge is 1.97. The van der Waals surface area contributed by atoms with Gasteiger partial charge in [0, 0.05) is 16.7 Å². The standard InChI is InChI=1S/C12H18BrN/c1-9(2)6-7-14-11-5-4-10(3)12(13)8-11/h4-5,8-9,14H,6-7H2,1-3H3. The Morgan fingerprint density at radius 1 is 1.36 bits per heavy atom. The number of hydrogen-bond donors (Lipinski definition) is 1. The van der Waals surface area contributed by atoms with Gasteiger partial charge in [0.05, 0.1) is 0 Å². The molecule has 0 unspecified atom stereocenters. The lowest BCUT2D eigenvalue weighted by Gasteiger charge is -2.09. The molecule has 0 aliphatic carbocycles. The normalized spacial score (nSPS) is 10.6. The van der Waals surface area contributed by atoms with Crippen molar-refractivity contribution in [2.24, 2.45) is 5.92 Å². The zero-order valence-electron chi connectivity index (χ0n) is 9.10. The molecule has 1 aromatic rings. The molecule has 0 atom stereocenters. The highest BCUT2D eigenvalue weighted by atomic mass is 79.9. The van der Waals surface area contributed by atoms with Gasteiger partial charge in [0.2, 0.25) is 0 Å². The van der Waals surface area contributed by atoms with Crippen molar-refractivity contribution in [3.63, 3.8) is 0 Å². The fourth-order valence-electron chi connectivity index (χ4n) is 1.21. The minimum Gasteiger partial charge on any atom is -0.385 e. The van der Waals surface area contributed by atoms with Crippen LogP contribution in [0.15, 0.2) is 22.7 Å². The maximum Gasteiger partial charge on any atom is 0.0351 e. The van der Waals surface area contributed by atoms with Crippen LogP contribution in [0.1, 0.15) is 25.8 Å². The average Bonchev–Trinajstić information content (AvgIpc) is 2.10. The fourth-order valence-corrected chi connectivity index (χ4v) is 1.59. The van der Waals surface area contributed by atoms with E-state index < -0.39 is 0 Å². The number of rotatable bonds is 4. The van der Waals surface area contributed by atoms with Gasteiger partial charge in [-0.2, -0.15) is 0 Å². The molecule has 1 nitrogen and oxygen atoms in total. The summed E-state index contributed by atoms with van der Waals surface area (Å²) < 4.78 is 1.17. The summed E-state index contributed by atoms with van der Waals surface area (Å²) in [4.78, 5) is 0. The average molecular weight is 256 g/mol. The molecule has 0 bridgehead atoms. The van der Waals surface area contributed by atoms with E-state index in [1.54, 1.807) is 0 Å². The van der Waals surface area contributed by atoms with Crippen molar-refractivity contribution in [1.29, 1.82) is 0 Å². The first-order chi connectivity index (χ1) is 6.59. The number of hydrogen-bond acceptors (Lipinski definition) is 1. The van der Waals surface area contributed by atoms with Crippen LogP contribution in [0.4, 0.5) is 5.69 Å². The molecule has 0 saturated carbocycles. The lowest BCUT2D eigenvalue weighted by atomic mass is 10.1. The van der Waals surface area contributed by atoms with Crippen molar-refractivity contribution >= 4 is 21.6 Å². The highest BCUT2D eigenvalue weighted by Crippen LogP contribution is 2.20. The second-order valence-corrected chi connectivity index (χ2v) is 4.93. The van der Waals surface area contributed by atoms with Crippen LogP contribution in [-0.4, -0.2) is 6.54 Å². The van der Waals surface area contributed by atoms with Crippen molar-refractivity contribution in [3.8, 4) is 0 Å². The van der Waals surface area contributed by atoms with Gasteiger partial charge in [0.1, 0.15) is 0 Å². The van der Waals surface area contributed by atoms with Crippen LogP contribution in [0.25, 0.3) is 0 Å². The van der Waals surface area contributed by atoms with Crippen LogP contribution in [0.2, 0.25) is 0 Å². The number of benzene rings is 1. The Morgan fingerprint density at radius 2 is 2.07 bits per heavy atom. The van der Waals surface area contributed by atoms with E-state index in [0.717, 1.165) is 12.5 Å². The Hall–Kier alpha value is -0.500. The van der Waals surface area contributed by atoms with Crippen LogP contribution < -0.4 is 5.32 Å². The summed E-state index contributed by atoms with van der Waals surface area (Å²) in [6, 6.07) is 6.39. The van der Waals surface area contributed by atoms with Crippen molar-refractivity contribution in [1.82, 2.24) is 0 Å². The van der Waals surface area contributed by atoms with Gasteiger partial charge in [-0.15, -0.1) is 0 Å². The molecule has 78 valence electrons. The lowest BCUT2D eigenvalue weighted by Crippen LogP contribution is -2.04. The number of aryl methyl sites for hydroxylation is 1. The van der Waals surface area contributed by atoms with Crippen LogP contribution >= 0.6 is 15.9 Å². The number of nitrogens with one attached hydrogen (secondary N) is 1. The Balaban J connectivity index is 2.47. The molecular weight excluding hydrogens is 238 g/mol. The predicted molar refractivity (Wildman–Crippen MR) is 66.8 cm³/mol. The summed E-state index contributed by atoms with van der Waals surface area (Å²) >= 11 is 3.53. The summed E-state index contributed by atoms with van der Waals surface area (Å²) in [6.07, 6.45) is 1.21. The van der Waals surface area contributed by atoms with E-state index in [0.29, 0.717) is 0 Å². The van der Waals surface area contributed by atoms with Gasteiger partial charge in [-0.05, 0) is 37.0 Å². The molecule has 1 rings (SSSR count). The molecule has 0 amide bonds. The van der Waals surface area contributed by atoms with E-state index in [2.05, 4.69) is 60.2 Å². The second kappa shape index (κ2) is 5.40. The van der Waals surface area contributed by atoms with Gasteiger partial charge in [0.15, 0.2) is 0 Å². The van der Waals surface area contributed by atoms with Crippen LogP contribution in [-0.2, 0) is 0 Å². The Morgan fingerprint density at radius 3 is 2.64 bits per heavy atom. The smallest absolute Gasteiger partial charge is 0.0351 e. The molecule has 14 heavy (non-hydrogen) atoms. The quantitative estimate of drug-likeness (QED) is 0.850. The van der Waals surface area contributed by atoms with Gasteiger partial charge in [-0.1, -0.05) is 35.8 Å². The largest absolute Gasteiger partial charge is 0.385 e. The fraction of sp³-hybridized carbons (Fsp3) is 0.500. The molecule has 0 radical (unpaired) electrons. The third-order valence-electron chi connectivity index (χ3n) is 2.22. The predicted octanol–water partition coefficient (Wildman–Crippen LogP) is 4.22. The SMILES string of the molecule is Cc1ccc(NCCC(C)C)cc1Br. The summed E-state index contributed by atoms with van der Waals surface area (Å²) in [5.41, 5.74) is 2.47. The van der Waals surface area contributed by atoms with Crippen LogP contribution in [0.5, 0.6) is 0 Å².